The van der Waals surface area contributed by atoms with Crippen LogP contribution in [0.2, 0.25) is 0 Å². The van der Waals surface area contributed by atoms with Crippen molar-refractivity contribution in [3.05, 3.63) is 0 Å². The molecule has 0 aliphatic carbocycles. The molecule has 0 saturated carbocycles. The number of hydrogen-bond donors (Lipinski definition) is 0. The number of rotatable bonds is 3. The van der Waals surface area contributed by atoms with E-state index in [2.05, 4.69) is 20.8 Å². The maximum atomic E-state index is 11.6. The summed E-state index contributed by atoms with van der Waals surface area (Å²) < 4.78 is 0. The van der Waals surface area contributed by atoms with Crippen LogP contribution in [-0.4, -0.2) is 29.2 Å². The van der Waals surface area contributed by atoms with E-state index >= 15 is 0 Å². The first-order valence-electron chi connectivity index (χ1n) is 5.37. The number of amides is 1. The van der Waals surface area contributed by atoms with Crippen LogP contribution in [0, 0.1) is 5.92 Å². The van der Waals surface area contributed by atoms with Gasteiger partial charge in [0.2, 0.25) is 5.91 Å². The van der Waals surface area contributed by atoms with Gasteiger partial charge >= 0.3 is 0 Å². The van der Waals surface area contributed by atoms with Gasteiger partial charge in [-0.3, -0.25) is 9.59 Å². The highest BCUT2D eigenvalue weighted by molar-refractivity contribution is 6.00. The monoisotopic (exact) mass is 197 g/mol. The highest BCUT2D eigenvalue weighted by Crippen LogP contribution is 2.18. The molecule has 14 heavy (non-hydrogen) atoms. The molecule has 1 saturated heterocycles. The third-order valence-corrected chi connectivity index (χ3v) is 3.26. The first kappa shape index (κ1) is 11.2. The highest BCUT2D eigenvalue weighted by Gasteiger charge is 2.29. The molecule has 3 heteroatoms. The Bertz CT molecular complexity index is 237. The SMILES string of the molecule is CCC(C)C(C)N1CCC(=O)CC1=O. The van der Waals surface area contributed by atoms with Crippen molar-refractivity contribution in [2.24, 2.45) is 5.92 Å². The number of carbonyl (C=O) groups excluding carboxylic acids is 2. The maximum Gasteiger partial charge on any atom is 0.230 e. The van der Waals surface area contributed by atoms with Crippen molar-refractivity contribution in [1.29, 1.82) is 0 Å². The standard InChI is InChI=1S/C11H19NO2/c1-4-8(2)9(3)12-6-5-10(13)7-11(12)14/h8-9H,4-7H2,1-3H3. The quantitative estimate of drug-likeness (QED) is 0.645. The van der Waals surface area contributed by atoms with E-state index in [1.54, 1.807) is 0 Å². The lowest BCUT2D eigenvalue weighted by atomic mass is 9.96. The van der Waals surface area contributed by atoms with Crippen LogP contribution in [0.1, 0.15) is 40.0 Å². The van der Waals surface area contributed by atoms with Gasteiger partial charge in [0.1, 0.15) is 5.78 Å². The fourth-order valence-corrected chi connectivity index (χ4v) is 1.81. The van der Waals surface area contributed by atoms with Crippen molar-refractivity contribution in [2.45, 2.75) is 46.1 Å². The molecule has 0 N–H and O–H groups in total. The van der Waals surface area contributed by atoms with Crippen molar-refractivity contribution < 1.29 is 9.59 Å². The van der Waals surface area contributed by atoms with E-state index in [0.717, 1.165) is 6.42 Å². The molecule has 2 unspecified atom stereocenters. The van der Waals surface area contributed by atoms with Gasteiger partial charge in [-0.1, -0.05) is 20.3 Å². The smallest absolute Gasteiger partial charge is 0.230 e. The average molecular weight is 197 g/mol. The van der Waals surface area contributed by atoms with Gasteiger partial charge in [0.25, 0.3) is 0 Å². The second-order valence-corrected chi connectivity index (χ2v) is 4.18. The lowest BCUT2D eigenvalue weighted by molar-refractivity contribution is -0.142. The fraction of sp³-hybridized carbons (Fsp3) is 0.818. The third kappa shape index (κ3) is 2.34. The van der Waals surface area contributed by atoms with Gasteiger partial charge in [-0.2, -0.15) is 0 Å². The molecule has 0 aromatic rings. The summed E-state index contributed by atoms with van der Waals surface area (Å²) in [7, 11) is 0. The molecule has 3 nitrogen and oxygen atoms in total. The predicted octanol–water partition coefficient (Wildman–Crippen LogP) is 1.61. The molecule has 1 fully saturated rings. The van der Waals surface area contributed by atoms with E-state index in [9.17, 15) is 9.59 Å². The zero-order valence-electron chi connectivity index (χ0n) is 9.25. The second-order valence-electron chi connectivity index (χ2n) is 4.18. The van der Waals surface area contributed by atoms with E-state index in [4.69, 9.17) is 0 Å². The summed E-state index contributed by atoms with van der Waals surface area (Å²) in [5, 5.41) is 0. The van der Waals surface area contributed by atoms with Gasteiger partial charge in [0.05, 0.1) is 6.42 Å². The Labute approximate surface area is 85.5 Å². The van der Waals surface area contributed by atoms with Crippen LogP contribution in [0.15, 0.2) is 0 Å². The minimum absolute atomic E-state index is 0.00838. The Morgan fingerprint density at radius 3 is 2.50 bits per heavy atom. The Morgan fingerprint density at radius 1 is 1.36 bits per heavy atom. The number of hydrogen-bond acceptors (Lipinski definition) is 2. The van der Waals surface area contributed by atoms with Crippen LogP contribution in [0.4, 0.5) is 0 Å². The van der Waals surface area contributed by atoms with Crippen LogP contribution in [0.25, 0.3) is 0 Å². The Morgan fingerprint density at radius 2 is 2.00 bits per heavy atom. The summed E-state index contributed by atoms with van der Waals surface area (Å²) in [6.45, 7) is 6.96. The minimum Gasteiger partial charge on any atom is -0.339 e. The van der Waals surface area contributed by atoms with Gasteiger partial charge in [-0.05, 0) is 12.8 Å². The third-order valence-electron chi connectivity index (χ3n) is 3.26. The average Bonchev–Trinajstić information content (AvgIpc) is 2.15. The molecule has 1 aliphatic rings. The second kappa shape index (κ2) is 4.58. The number of likely N-dealkylation sites (tertiary alicyclic amines) is 1. The normalized spacial score (nSPS) is 22.4. The number of Topliss-reactive ketones (excluding diaryl/α,β-unsaturated/α-hetero) is 1. The summed E-state index contributed by atoms with van der Waals surface area (Å²) in [5.74, 6) is 0.601. The number of carbonyl (C=O) groups is 2. The predicted molar refractivity (Wildman–Crippen MR) is 54.9 cm³/mol. The van der Waals surface area contributed by atoms with Crippen molar-refractivity contribution in [3.63, 3.8) is 0 Å². The van der Waals surface area contributed by atoms with E-state index in [-0.39, 0.29) is 24.2 Å². The van der Waals surface area contributed by atoms with E-state index in [1.807, 2.05) is 4.90 Å². The van der Waals surface area contributed by atoms with Crippen molar-refractivity contribution in [2.75, 3.05) is 6.54 Å². The van der Waals surface area contributed by atoms with Gasteiger partial charge in [0.15, 0.2) is 0 Å². The van der Waals surface area contributed by atoms with Crippen molar-refractivity contribution >= 4 is 11.7 Å². The topological polar surface area (TPSA) is 37.4 Å². The summed E-state index contributed by atoms with van der Waals surface area (Å²) in [6.07, 6.45) is 1.71. The van der Waals surface area contributed by atoms with Gasteiger partial charge in [-0.15, -0.1) is 0 Å². The minimum atomic E-state index is 0.00838. The molecular formula is C11H19NO2. The van der Waals surface area contributed by atoms with Crippen molar-refractivity contribution in [3.8, 4) is 0 Å². The maximum absolute atomic E-state index is 11.6. The van der Waals surface area contributed by atoms with Gasteiger partial charge < -0.3 is 4.90 Å². The summed E-state index contributed by atoms with van der Waals surface area (Å²) >= 11 is 0. The molecule has 1 heterocycles. The van der Waals surface area contributed by atoms with Crippen LogP contribution >= 0.6 is 0 Å². The first-order valence-corrected chi connectivity index (χ1v) is 5.37. The number of nitrogens with zero attached hydrogens (tertiary/aromatic N) is 1. The van der Waals surface area contributed by atoms with Crippen LogP contribution in [0.5, 0.6) is 0 Å². The van der Waals surface area contributed by atoms with Gasteiger partial charge in [0, 0.05) is 19.0 Å². The van der Waals surface area contributed by atoms with Crippen molar-refractivity contribution in [1.82, 2.24) is 4.90 Å². The lowest BCUT2D eigenvalue weighted by Crippen LogP contribution is -2.46. The number of ketones is 1. The molecule has 2 atom stereocenters. The molecule has 0 aromatic heterocycles. The molecule has 0 aromatic carbocycles. The van der Waals surface area contributed by atoms with Gasteiger partial charge in [-0.25, -0.2) is 0 Å². The molecule has 1 aliphatic heterocycles. The summed E-state index contributed by atoms with van der Waals surface area (Å²) in [4.78, 5) is 24.5. The summed E-state index contributed by atoms with van der Waals surface area (Å²) in [5.41, 5.74) is 0. The zero-order chi connectivity index (χ0) is 10.7. The van der Waals surface area contributed by atoms with Crippen LogP contribution in [-0.2, 0) is 9.59 Å². The molecular weight excluding hydrogens is 178 g/mol. The van der Waals surface area contributed by atoms with Crippen LogP contribution in [0.3, 0.4) is 0 Å². The fourth-order valence-electron chi connectivity index (χ4n) is 1.81. The molecule has 0 radical (unpaired) electrons. The largest absolute Gasteiger partial charge is 0.339 e. The molecule has 0 spiro atoms. The molecule has 1 rings (SSSR count). The van der Waals surface area contributed by atoms with E-state index in [0.29, 0.717) is 18.9 Å². The molecule has 80 valence electrons. The Balaban J connectivity index is 2.59. The Hall–Kier alpha value is -0.860. The molecule has 1 amide bonds. The summed E-state index contributed by atoms with van der Waals surface area (Å²) in [6, 6.07) is 0.264. The number of piperidine rings is 1. The Kier molecular flexibility index (Phi) is 3.67. The molecule has 0 bridgehead atoms. The zero-order valence-corrected chi connectivity index (χ0v) is 9.25. The highest BCUT2D eigenvalue weighted by atomic mass is 16.2. The van der Waals surface area contributed by atoms with Crippen LogP contribution < -0.4 is 0 Å². The van der Waals surface area contributed by atoms with E-state index < -0.39 is 0 Å². The van der Waals surface area contributed by atoms with E-state index in [1.165, 1.54) is 0 Å². The lowest BCUT2D eigenvalue weighted by Gasteiger charge is -2.35. The first-order chi connectivity index (χ1) is 6.56.